The minimum Gasteiger partial charge on any atom is -0.475 e. The first-order chi connectivity index (χ1) is 10.6. The third kappa shape index (κ3) is 2.41. The van der Waals surface area contributed by atoms with E-state index in [9.17, 15) is 14.4 Å². The lowest BCUT2D eigenvalue weighted by atomic mass is 10.1. The van der Waals surface area contributed by atoms with Crippen molar-refractivity contribution < 1.29 is 24.0 Å². The normalized spacial score (nSPS) is 14.8. The number of aromatic carboxylic acids is 1. The van der Waals surface area contributed by atoms with Crippen LogP contribution >= 0.6 is 0 Å². The maximum Gasteiger partial charge on any atom is 0.374 e. The van der Waals surface area contributed by atoms with Crippen molar-refractivity contribution in [2.75, 3.05) is 18.0 Å². The number of anilines is 1. The zero-order valence-corrected chi connectivity index (χ0v) is 11.3. The summed E-state index contributed by atoms with van der Waals surface area (Å²) in [5.41, 5.74) is 1.62. The molecule has 0 radical (unpaired) electrons. The van der Waals surface area contributed by atoms with Crippen molar-refractivity contribution in [3.8, 4) is 11.3 Å². The van der Waals surface area contributed by atoms with E-state index >= 15 is 0 Å². The minimum atomic E-state index is -1.19. The number of carboxylic acid groups (broad SMARTS) is 1. The third-order valence-electron chi connectivity index (χ3n) is 3.26. The first-order valence-electron chi connectivity index (χ1n) is 6.46. The number of amides is 2. The van der Waals surface area contributed by atoms with Crippen molar-refractivity contribution >= 4 is 23.5 Å². The molecule has 0 bridgehead atoms. The second kappa shape index (κ2) is 5.32. The number of rotatable bonds is 3. The predicted molar refractivity (Wildman–Crippen MR) is 74.3 cm³/mol. The Kier molecular flexibility index (Phi) is 3.34. The van der Waals surface area contributed by atoms with Crippen molar-refractivity contribution in [3.63, 3.8) is 0 Å². The first kappa shape index (κ1) is 13.8. The lowest BCUT2D eigenvalue weighted by Gasteiger charge is -2.26. The summed E-state index contributed by atoms with van der Waals surface area (Å²) in [6.45, 7) is 0.800. The fourth-order valence-corrected chi connectivity index (χ4v) is 2.15. The molecular formula is C14H11N3O5. The average molecular weight is 301 g/mol. The minimum absolute atomic E-state index is 0.248. The largest absolute Gasteiger partial charge is 0.475 e. The Morgan fingerprint density at radius 1 is 1.27 bits per heavy atom. The summed E-state index contributed by atoms with van der Waals surface area (Å²) in [7, 11) is 0. The molecule has 0 spiro atoms. The van der Waals surface area contributed by atoms with E-state index in [1.54, 1.807) is 24.3 Å². The van der Waals surface area contributed by atoms with E-state index < -0.39 is 17.8 Å². The van der Waals surface area contributed by atoms with Gasteiger partial charge in [0.1, 0.15) is 5.69 Å². The number of aromatic nitrogens is 1. The van der Waals surface area contributed by atoms with Crippen molar-refractivity contribution in [2.24, 2.45) is 0 Å². The standard InChI is InChI=1S/C14H11N3O5/c18-12-13(19)17(6-5-15-12)9-3-1-8(2-4-9)10-7-11(14(20)21)22-16-10/h1-4,7H,5-6H2,(H,15,18)(H,20,21). The van der Waals surface area contributed by atoms with Crippen LogP contribution in [0.5, 0.6) is 0 Å². The number of carboxylic acids is 1. The summed E-state index contributed by atoms with van der Waals surface area (Å²) in [5.74, 6) is -2.67. The molecule has 22 heavy (non-hydrogen) atoms. The highest BCUT2D eigenvalue weighted by Gasteiger charge is 2.27. The zero-order chi connectivity index (χ0) is 15.7. The van der Waals surface area contributed by atoms with Gasteiger partial charge >= 0.3 is 17.8 Å². The zero-order valence-electron chi connectivity index (χ0n) is 11.3. The van der Waals surface area contributed by atoms with Crippen LogP contribution in [-0.4, -0.2) is 41.1 Å². The van der Waals surface area contributed by atoms with Crippen molar-refractivity contribution in [3.05, 3.63) is 36.1 Å². The van der Waals surface area contributed by atoms with Gasteiger partial charge in [-0.2, -0.15) is 0 Å². The third-order valence-corrected chi connectivity index (χ3v) is 3.26. The fourth-order valence-electron chi connectivity index (χ4n) is 2.15. The summed E-state index contributed by atoms with van der Waals surface area (Å²) >= 11 is 0. The van der Waals surface area contributed by atoms with Crippen molar-refractivity contribution in [2.45, 2.75) is 0 Å². The van der Waals surface area contributed by atoms with Crippen LogP contribution in [0.3, 0.4) is 0 Å². The SMILES string of the molecule is O=C1NCCN(c2ccc(-c3cc(C(=O)O)on3)cc2)C1=O. The quantitative estimate of drug-likeness (QED) is 0.798. The Morgan fingerprint density at radius 2 is 2.00 bits per heavy atom. The smallest absolute Gasteiger partial charge is 0.374 e. The number of nitrogens with zero attached hydrogens (tertiary/aromatic N) is 2. The molecule has 1 aromatic heterocycles. The highest BCUT2D eigenvalue weighted by Crippen LogP contribution is 2.23. The van der Waals surface area contributed by atoms with E-state index in [0.29, 0.717) is 30.0 Å². The number of piperazine rings is 1. The molecule has 1 saturated heterocycles. The van der Waals surface area contributed by atoms with E-state index in [4.69, 9.17) is 9.63 Å². The van der Waals surface area contributed by atoms with Crippen LogP contribution in [0.25, 0.3) is 11.3 Å². The molecule has 0 atom stereocenters. The number of nitrogens with one attached hydrogen (secondary N) is 1. The summed E-state index contributed by atoms with van der Waals surface area (Å²) in [4.78, 5) is 35.3. The highest BCUT2D eigenvalue weighted by molar-refractivity contribution is 6.41. The van der Waals surface area contributed by atoms with Gasteiger partial charge in [-0.05, 0) is 12.1 Å². The van der Waals surface area contributed by atoms with E-state index in [0.717, 1.165) is 0 Å². The monoisotopic (exact) mass is 301 g/mol. The molecule has 1 aromatic carbocycles. The van der Waals surface area contributed by atoms with Crippen LogP contribution in [0.2, 0.25) is 0 Å². The average Bonchev–Trinajstić information content (AvgIpc) is 3.00. The summed E-state index contributed by atoms with van der Waals surface area (Å²) in [5, 5.41) is 14.9. The number of carbonyl (C=O) groups excluding carboxylic acids is 2. The Bertz CT molecular complexity index is 750. The molecule has 1 aliphatic rings. The molecule has 112 valence electrons. The molecule has 3 rings (SSSR count). The lowest BCUT2D eigenvalue weighted by molar-refractivity contribution is -0.138. The van der Waals surface area contributed by atoms with Gasteiger partial charge in [0.15, 0.2) is 0 Å². The Morgan fingerprint density at radius 3 is 2.64 bits per heavy atom. The van der Waals surface area contributed by atoms with Gasteiger partial charge in [-0.3, -0.25) is 9.59 Å². The Balaban J connectivity index is 1.84. The molecule has 0 aliphatic carbocycles. The highest BCUT2D eigenvalue weighted by atomic mass is 16.5. The van der Waals surface area contributed by atoms with Crippen LogP contribution in [0.1, 0.15) is 10.6 Å². The maximum atomic E-state index is 11.8. The summed E-state index contributed by atoms with van der Waals surface area (Å²) in [6, 6.07) is 8.01. The van der Waals surface area contributed by atoms with Gasteiger partial charge in [0.2, 0.25) is 5.76 Å². The Hall–Kier alpha value is -3.16. The molecule has 2 N–H and O–H groups in total. The van der Waals surface area contributed by atoms with E-state index in [2.05, 4.69) is 10.5 Å². The number of hydrogen-bond donors (Lipinski definition) is 2. The number of benzene rings is 1. The number of carbonyl (C=O) groups is 3. The van der Waals surface area contributed by atoms with Crippen LogP contribution in [0, 0.1) is 0 Å². The van der Waals surface area contributed by atoms with Crippen LogP contribution < -0.4 is 10.2 Å². The number of hydrogen-bond acceptors (Lipinski definition) is 5. The fraction of sp³-hybridized carbons (Fsp3) is 0.143. The van der Waals surface area contributed by atoms with Gasteiger partial charge in [-0.15, -0.1) is 0 Å². The van der Waals surface area contributed by atoms with Crippen LogP contribution in [-0.2, 0) is 9.59 Å². The maximum absolute atomic E-state index is 11.8. The molecule has 0 saturated carbocycles. The van der Waals surface area contributed by atoms with Crippen LogP contribution in [0.15, 0.2) is 34.9 Å². The van der Waals surface area contributed by atoms with Gasteiger partial charge in [-0.1, -0.05) is 17.3 Å². The summed E-state index contributed by atoms with van der Waals surface area (Å²) in [6.07, 6.45) is 0. The second-order valence-corrected chi connectivity index (χ2v) is 4.64. The molecule has 2 amide bonds. The van der Waals surface area contributed by atoms with Gasteiger partial charge in [0, 0.05) is 30.4 Å². The molecule has 2 aromatic rings. The van der Waals surface area contributed by atoms with Gasteiger partial charge in [0.25, 0.3) is 0 Å². The Labute approximate surface area is 124 Å². The van der Waals surface area contributed by atoms with E-state index in [1.807, 2.05) is 0 Å². The first-order valence-corrected chi connectivity index (χ1v) is 6.46. The van der Waals surface area contributed by atoms with Crippen LogP contribution in [0.4, 0.5) is 5.69 Å². The molecule has 1 fully saturated rings. The topological polar surface area (TPSA) is 113 Å². The van der Waals surface area contributed by atoms with Gasteiger partial charge < -0.3 is 19.8 Å². The predicted octanol–water partition coefficient (Wildman–Crippen LogP) is 0.503. The summed E-state index contributed by atoms with van der Waals surface area (Å²) < 4.78 is 4.69. The van der Waals surface area contributed by atoms with E-state index in [1.165, 1.54) is 11.0 Å². The second-order valence-electron chi connectivity index (χ2n) is 4.64. The van der Waals surface area contributed by atoms with Gasteiger partial charge in [-0.25, -0.2) is 4.79 Å². The van der Waals surface area contributed by atoms with Crippen molar-refractivity contribution in [1.29, 1.82) is 0 Å². The molecule has 8 nitrogen and oxygen atoms in total. The molecule has 2 heterocycles. The molecule has 0 unspecified atom stereocenters. The lowest BCUT2D eigenvalue weighted by Crippen LogP contribution is -2.52. The van der Waals surface area contributed by atoms with Crippen molar-refractivity contribution in [1.82, 2.24) is 10.5 Å². The molecule has 1 aliphatic heterocycles. The van der Waals surface area contributed by atoms with E-state index in [-0.39, 0.29) is 5.76 Å². The van der Waals surface area contributed by atoms with Gasteiger partial charge in [0.05, 0.1) is 0 Å². The molecule has 8 heteroatoms. The molecular weight excluding hydrogens is 290 g/mol.